The summed E-state index contributed by atoms with van der Waals surface area (Å²) in [6, 6.07) is 14.4. The minimum absolute atomic E-state index is 0.120. The number of tetrazole rings is 1. The van der Waals surface area contributed by atoms with Gasteiger partial charge in [-0.1, -0.05) is 42.1 Å². The molecule has 0 N–H and O–H groups in total. The maximum Gasteiger partial charge on any atom is 0.236 e. The molecule has 0 saturated heterocycles. The summed E-state index contributed by atoms with van der Waals surface area (Å²) in [7, 11) is 0. The summed E-state index contributed by atoms with van der Waals surface area (Å²) in [5.74, 6) is 0.120. The third kappa shape index (κ3) is 3.67. The minimum Gasteiger partial charge on any atom is -0.337 e. The van der Waals surface area contributed by atoms with Gasteiger partial charge in [0, 0.05) is 13.1 Å². The molecule has 2 aromatic carbocycles. The number of carbonyl (C=O) groups is 1. The summed E-state index contributed by atoms with van der Waals surface area (Å²) >= 11 is 1.40. The summed E-state index contributed by atoms with van der Waals surface area (Å²) in [5.41, 5.74) is 5.88. The number of hydrogen-bond donors (Lipinski definition) is 0. The maximum absolute atomic E-state index is 13.0. The molecule has 1 aromatic heterocycles. The molecule has 2 heterocycles. The van der Waals surface area contributed by atoms with Crippen LogP contribution >= 0.6 is 11.8 Å². The third-order valence-corrected chi connectivity index (χ3v) is 6.27. The molecule has 6 nitrogen and oxygen atoms in total. The van der Waals surface area contributed by atoms with Crippen molar-refractivity contribution in [3.63, 3.8) is 0 Å². The number of rotatable bonds is 4. The number of carbonyl (C=O) groups excluding carboxylic acids is 1. The van der Waals surface area contributed by atoms with Crippen LogP contribution in [0.4, 0.5) is 0 Å². The van der Waals surface area contributed by atoms with Gasteiger partial charge in [-0.25, -0.2) is 0 Å². The number of aryl methyl sites for hydroxylation is 2. The predicted octanol–water partition coefficient (Wildman–Crippen LogP) is 3.34. The normalized spacial score (nSPS) is 14.6. The van der Waals surface area contributed by atoms with Crippen LogP contribution in [0.5, 0.6) is 0 Å². The highest BCUT2D eigenvalue weighted by Gasteiger charge is 2.26. The van der Waals surface area contributed by atoms with Gasteiger partial charge in [0.25, 0.3) is 0 Å². The van der Waals surface area contributed by atoms with Gasteiger partial charge >= 0.3 is 0 Å². The van der Waals surface area contributed by atoms with Crippen LogP contribution in [-0.2, 0) is 17.8 Å². The molecule has 1 aliphatic rings. The van der Waals surface area contributed by atoms with Gasteiger partial charge in [-0.15, -0.1) is 5.10 Å². The fourth-order valence-corrected chi connectivity index (χ4v) is 4.31. The summed E-state index contributed by atoms with van der Waals surface area (Å²) in [6.45, 7) is 7.49. The molecule has 4 rings (SSSR count). The SMILES string of the molecule is Cc1ccc(-n2nnnc2S[C@@H](C)C(=O)N2CCc3ccccc3C2)cc1C. The Kier molecular flexibility index (Phi) is 5.17. The first-order chi connectivity index (χ1) is 13.5. The number of aromatic nitrogens is 4. The van der Waals surface area contributed by atoms with Gasteiger partial charge in [0.1, 0.15) is 0 Å². The van der Waals surface area contributed by atoms with Gasteiger partial charge in [-0.05, 0) is 72.0 Å². The lowest BCUT2D eigenvalue weighted by Crippen LogP contribution is -2.40. The lowest BCUT2D eigenvalue weighted by atomic mass is 10.00. The second-order valence-corrected chi connectivity index (χ2v) is 8.49. The summed E-state index contributed by atoms with van der Waals surface area (Å²) in [4.78, 5) is 14.9. The number of benzene rings is 2. The quantitative estimate of drug-likeness (QED) is 0.636. The van der Waals surface area contributed by atoms with Crippen molar-refractivity contribution in [1.82, 2.24) is 25.1 Å². The van der Waals surface area contributed by atoms with E-state index in [-0.39, 0.29) is 11.2 Å². The van der Waals surface area contributed by atoms with Crippen LogP contribution in [0.1, 0.15) is 29.2 Å². The number of hydrogen-bond acceptors (Lipinski definition) is 5. The lowest BCUT2D eigenvalue weighted by Gasteiger charge is -2.30. The number of fused-ring (bicyclic) bond motifs is 1. The predicted molar refractivity (Wildman–Crippen MR) is 110 cm³/mol. The third-order valence-electron chi connectivity index (χ3n) is 5.25. The lowest BCUT2D eigenvalue weighted by molar-refractivity contribution is -0.131. The van der Waals surface area contributed by atoms with E-state index < -0.39 is 0 Å². The molecule has 0 aliphatic carbocycles. The Morgan fingerprint density at radius 1 is 1.11 bits per heavy atom. The monoisotopic (exact) mass is 393 g/mol. The molecule has 1 aliphatic heterocycles. The van der Waals surface area contributed by atoms with Crippen LogP contribution in [0, 0.1) is 13.8 Å². The van der Waals surface area contributed by atoms with E-state index in [2.05, 4.69) is 59.7 Å². The first-order valence-electron chi connectivity index (χ1n) is 9.41. The molecule has 0 spiro atoms. The van der Waals surface area contributed by atoms with Crippen molar-refractivity contribution in [1.29, 1.82) is 0 Å². The summed E-state index contributed by atoms with van der Waals surface area (Å²) < 4.78 is 1.70. The highest BCUT2D eigenvalue weighted by atomic mass is 32.2. The second kappa shape index (κ2) is 7.75. The molecule has 1 atom stereocenters. The minimum atomic E-state index is -0.262. The molecule has 0 bridgehead atoms. The first kappa shape index (κ1) is 18.7. The van der Waals surface area contributed by atoms with Gasteiger partial charge in [0.05, 0.1) is 10.9 Å². The fraction of sp³-hybridized carbons (Fsp3) is 0.333. The van der Waals surface area contributed by atoms with E-state index in [4.69, 9.17) is 0 Å². The van der Waals surface area contributed by atoms with E-state index in [1.54, 1.807) is 4.68 Å². The topological polar surface area (TPSA) is 63.9 Å². The molecule has 1 amide bonds. The Morgan fingerprint density at radius 2 is 1.89 bits per heavy atom. The van der Waals surface area contributed by atoms with E-state index in [0.717, 1.165) is 18.7 Å². The van der Waals surface area contributed by atoms with Crippen molar-refractivity contribution in [2.24, 2.45) is 0 Å². The number of thioether (sulfide) groups is 1. The number of nitrogens with zero attached hydrogens (tertiary/aromatic N) is 5. The molecule has 28 heavy (non-hydrogen) atoms. The molecule has 144 valence electrons. The molecule has 0 saturated carbocycles. The zero-order valence-electron chi connectivity index (χ0n) is 16.3. The van der Waals surface area contributed by atoms with Crippen molar-refractivity contribution in [3.8, 4) is 5.69 Å². The largest absolute Gasteiger partial charge is 0.337 e. The van der Waals surface area contributed by atoms with Crippen LogP contribution in [-0.4, -0.2) is 42.8 Å². The van der Waals surface area contributed by atoms with Gasteiger partial charge in [-0.2, -0.15) is 4.68 Å². The molecule has 7 heteroatoms. The Morgan fingerprint density at radius 3 is 2.68 bits per heavy atom. The molecular formula is C21H23N5OS. The van der Waals surface area contributed by atoms with Crippen LogP contribution in [0.15, 0.2) is 47.6 Å². The zero-order chi connectivity index (χ0) is 19.7. The van der Waals surface area contributed by atoms with Crippen LogP contribution in [0.2, 0.25) is 0 Å². The van der Waals surface area contributed by atoms with Crippen LogP contribution in [0.25, 0.3) is 5.69 Å². The highest BCUT2D eigenvalue weighted by molar-refractivity contribution is 8.00. The Bertz CT molecular complexity index is 1020. The first-order valence-corrected chi connectivity index (χ1v) is 10.3. The van der Waals surface area contributed by atoms with Gasteiger partial charge < -0.3 is 4.90 Å². The molecule has 3 aromatic rings. The molecular weight excluding hydrogens is 370 g/mol. The highest BCUT2D eigenvalue weighted by Crippen LogP contribution is 2.27. The summed E-state index contributed by atoms with van der Waals surface area (Å²) in [5, 5.41) is 12.5. The van der Waals surface area contributed by atoms with Crippen molar-refractivity contribution in [3.05, 3.63) is 64.7 Å². The Hall–Kier alpha value is -2.67. The van der Waals surface area contributed by atoms with Crippen molar-refractivity contribution >= 4 is 17.7 Å². The van der Waals surface area contributed by atoms with E-state index in [0.29, 0.717) is 11.7 Å². The molecule has 0 fully saturated rings. The van der Waals surface area contributed by atoms with Crippen molar-refractivity contribution in [2.75, 3.05) is 6.54 Å². The van der Waals surface area contributed by atoms with Crippen LogP contribution < -0.4 is 0 Å². The van der Waals surface area contributed by atoms with E-state index >= 15 is 0 Å². The zero-order valence-corrected chi connectivity index (χ0v) is 17.1. The van der Waals surface area contributed by atoms with E-state index in [9.17, 15) is 4.79 Å². The smallest absolute Gasteiger partial charge is 0.236 e. The maximum atomic E-state index is 13.0. The summed E-state index contributed by atoms with van der Waals surface area (Å²) in [6.07, 6.45) is 0.902. The second-order valence-electron chi connectivity index (χ2n) is 7.18. The van der Waals surface area contributed by atoms with Gasteiger partial charge in [-0.3, -0.25) is 4.79 Å². The van der Waals surface area contributed by atoms with E-state index in [1.807, 2.05) is 24.0 Å². The van der Waals surface area contributed by atoms with Crippen LogP contribution in [0.3, 0.4) is 0 Å². The Balaban J connectivity index is 1.49. The Labute approximate surface area is 168 Å². The standard InChI is InChI=1S/C21H23N5OS/c1-14-8-9-19(12-15(14)2)26-21(22-23-24-26)28-16(3)20(27)25-11-10-17-6-4-5-7-18(17)13-25/h4-9,12,16H,10-11,13H2,1-3H3/t16-/m0/s1. The number of amides is 1. The van der Waals surface area contributed by atoms with E-state index in [1.165, 1.54) is 34.0 Å². The molecule has 0 unspecified atom stereocenters. The average Bonchev–Trinajstić information content (AvgIpc) is 3.17. The molecule has 0 radical (unpaired) electrons. The van der Waals surface area contributed by atoms with Gasteiger partial charge in [0.15, 0.2) is 0 Å². The van der Waals surface area contributed by atoms with Crippen molar-refractivity contribution < 1.29 is 4.79 Å². The van der Waals surface area contributed by atoms with Gasteiger partial charge in [0.2, 0.25) is 11.1 Å². The van der Waals surface area contributed by atoms with Crippen molar-refractivity contribution in [2.45, 2.75) is 44.1 Å². The fourth-order valence-electron chi connectivity index (χ4n) is 3.42. The average molecular weight is 394 g/mol.